The fraction of sp³-hybridized carbons (Fsp3) is 0.429. The number of nitrogens with zero attached hydrogens (tertiary/aromatic N) is 1. The Kier molecular flexibility index (Phi) is 3.41. The molecule has 0 radical (unpaired) electrons. The molecule has 20 heavy (non-hydrogen) atoms. The zero-order valence-electron chi connectivity index (χ0n) is 11.1. The maximum atomic E-state index is 12.0. The third-order valence-electron chi connectivity index (χ3n) is 3.76. The first-order chi connectivity index (χ1) is 9.60. The van der Waals surface area contributed by atoms with Crippen LogP contribution in [0.3, 0.4) is 0 Å². The zero-order chi connectivity index (χ0) is 14.3. The lowest BCUT2D eigenvalue weighted by molar-refractivity contribution is -0.121. The highest BCUT2D eigenvalue weighted by Gasteiger charge is 2.47. The van der Waals surface area contributed by atoms with E-state index in [1.165, 1.54) is 0 Å². The van der Waals surface area contributed by atoms with E-state index in [1.54, 1.807) is 11.8 Å². The van der Waals surface area contributed by atoms with E-state index in [-0.39, 0.29) is 24.1 Å². The van der Waals surface area contributed by atoms with Gasteiger partial charge in [0.25, 0.3) is 0 Å². The minimum atomic E-state index is -0.327. The van der Waals surface area contributed by atoms with E-state index >= 15 is 0 Å². The Morgan fingerprint density at radius 2 is 2.35 bits per heavy atom. The van der Waals surface area contributed by atoms with Crippen molar-refractivity contribution in [2.75, 3.05) is 11.4 Å². The number of rotatable bonds is 3. The highest BCUT2D eigenvalue weighted by atomic mass is 79.9. The highest BCUT2D eigenvalue weighted by Crippen LogP contribution is 2.39. The van der Waals surface area contributed by atoms with Crippen LogP contribution >= 0.6 is 15.9 Å². The summed E-state index contributed by atoms with van der Waals surface area (Å²) in [7, 11) is 0. The van der Waals surface area contributed by atoms with Gasteiger partial charge in [0.2, 0.25) is 5.91 Å². The molecule has 2 heterocycles. The minimum Gasteiger partial charge on any atom is -0.442 e. The molecule has 0 unspecified atom stereocenters. The molecule has 3 rings (SSSR count). The molecule has 6 heteroatoms. The molecular formula is C14H15BrN2O3. The molecule has 1 aromatic rings. The molecule has 0 spiro atoms. The standard InChI is InChI=1S/C14H15BrN2O3/c1-2-13(18)16-7-12-11-6-8-5-9(15)3-4-10(8)17(11)14(19)20-12/h3-5,11-12H,2,6-7H2,1H3,(H,16,18)/t11-,12-/m0/s1. The first-order valence-electron chi connectivity index (χ1n) is 6.65. The molecule has 1 N–H and O–H groups in total. The first-order valence-corrected chi connectivity index (χ1v) is 7.44. The van der Waals surface area contributed by atoms with Crippen LogP contribution in [0.5, 0.6) is 0 Å². The van der Waals surface area contributed by atoms with Gasteiger partial charge >= 0.3 is 6.09 Å². The predicted octanol–water partition coefficient (Wildman–Crippen LogP) is 2.23. The van der Waals surface area contributed by atoms with Gasteiger partial charge in [0.05, 0.1) is 18.3 Å². The Labute approximate surface area is 125 Å². The van der Waals surface area contributed by atoms with E-state index in [0.29, 0.717) is 13.0 Å². The largest absolute Gasteiger partial charge is 0.442 e. The molecule has 2 atom stereocenters. The van der Waals surface area contributed by atoms with Gasteiger partial charge in [-0.15, -0.1) is 0 Å². The zero-order valence-corrected chi connectivity index (χ0v) is 12.6. The summed E-state index contributed by atoms with van der Waals surface area (Å²) in [6.07, 6.45) is 0.575. The number of cyclic esters (lactones) is 1. The van der Waals surface area contributed by atoms with Crippen molar-refractivity contribution >= 4 is 33.6 Å². The fourth-order valence-electron chi connectivity index (χ4n) is 2.76. The maximum absolute atomic E-state index is 12.0. The molecule has 2 aliphatic rings. The van der Waals surface area contributed by atoms with Gasteiger partial charge in [-0.25, -0.2) is 4.79 Å². The number of hydrogen-bond donors (Lipinski definition) is 1. The van der Waals surface area contributed by atoms with Gasteiger partial charge in [-0.1, -0.05) is 22.9 Å². The van der Waals surface area contributed by atoms with Crippen LogP contribution in [0.1, 0.15) is 18.9 Å². The molecule has 2 amide bonds. The molecule has 2 aliphatic heterocycles. The SMILES string of the molecule is CCC(=O)NC[C@@H]1OC(=O)N2c3ccc(Br)cc3C[C@@H]12. The highest BCUT2D eigenvalue weighted by molar-refractivity contribution is 9.10. The number of anilines is 1. The van der Waals surface area contributed by atoms with E-state index < -0.39 is 0 Å². The molecule has 0 aromatic heterocycles. The predicted molar refractivity (Wildman–Crippen MR) is 77.7 cm³/mol. The lowest BCUT2D eigenvalue weighted by Crippen LogP contribution is -2.40. The van der Waals surface area contributed by atoms with Crippen LogP contribution in [0.15, 0.2) is 22.7 Å². The Morgan fingerprint density at radius 1 is 1.55 bits per heavy atom. The van der Waals surface area contributed by atoms with Crippen molar-refractivity contribution in [3.8, 4) is 0 Å². The van der Waals surface area contributed by atoms with E-state index in [0.717, 1.165) is 22.1 Å². The quantitative estimate of drug-likeness (QED) is 0.919. The number of amides is 2. The molecule has 1 aromatic carbocycles. The molecule has 1 fully saturated rings. The van der Waals surface area contributed by atoms with Gasteiger partial charge in [0.15, 0.2) is 0 Å². The van der Waals surface area contributed by atoms with Gasteiger partial charge in [-0.05, 0) is 30.2 Å². The third kappa shape index (κ3) is 2.18. The maximum Gasteiger partial charge on any atom is 0.415 e. The molecule has 0 saturated carbocycles. The number of benzene rings is 1. The summed E-state index contributed by atoms with van der Waals surface area (Å²) in [5.74, 6) is -0.0299. The van der Waals surface area contributed by atoms with Crippen LogP contribution in [0, 0.1) is 0 Å². The van der Waals surface area contributed by atoms with Gasteiger partial charge in [-0.3, -0.25) is 9.69 Å². The molecule has 5 nitrogen and oxygen atoms in total. The van der Waals surface area contributed by atoms with Gasteiger partial charge < -0.3 is 10.1 Å². The molecule has 0 bridgehead atoms. The summed E-state index contributed by atoms with van der Waals surface area (Å²) in [5, 5.41) is 2.79. The summed E-state index contributed by atoms with van der Waals surface area (Å²) in [6.45, 7) is 2.17. The summed E-state index contributed by atoms with van der Waals surface area (Å²) < 4.78 is 6.37. The average molecular weight is 339 g/mol. The van der Waals surface area contributed by atoms with Crippen LogP contribution in [0.4, 0.5) is 10.5 Å². The Hall–Kier alpha value is -1.56. The summed E-state index contributed by atoms with van der Waals surface area (Å²) in [4.78, 5) is 25.0. The summed E-state index contributed by atoms with van der Waals surface area (Å²) in [5.41, 5.74) is 2.04. The topological polar surface area (TPSA) is 58.6 Å². The summed E-state index contributed by atoms with van der Waals surface area (Å²) >= 11 is 3.44. The number of ether oxygens (including phenoxy) is 1. The van der Waals surface area contributed by atoms with Gasteiger partial charge in [0.1, 0.15) is 6.10 Å². The van der Waals surface area contributed by atoms with Gasteiger partial charge in [-0.2, -0.15) is 0 Å². The van der Waals surface area contributed by atoms with Crippen molar-refractivity contribution < 1.29 is 14.3 Å². The van der Waals surface area contributed by atoms with Crippen molar-refractivity contribution in [3.63, 3.8) is 0 Å². The van der Waals surface area contributed by atoms with E-state index in [9.17, 15) is 9.59 Å². The van der Waals surface area contributed by atoms with Crippen LogP contribution in [0.2, 0.25) is 0 Å². The lowest BCUT2D eigenvalue weighted by Gasteiger charge is -2.16. The van der Waals surface area contributed by atoms with Crippen LogP contribution in [0.25, 0.3) is 0 Å². The normalized spacial score (nSPS) is 23.3. The Balaban J connectivity index is 1.78. The molecule has 106 valence electrons. The van der Waals surface area contributed by atoms with Crippen molar-refractivity contribution in [2.24, 2.45) is 0 Å². The van der Waals surface area contributed by atoms with E-state index in [1.807, 2.05) is 18.2 Å². The monoisotopic (exact) mass is 338 g/mol. The molecular weight excluding hydrogens is 324 g/mol. The Morgan fingerprint density at radius 3 is 3.10 bits per heavy atom. The number of fused-ring (bicyclic) bond motifs is 3. The van der Waals surface area contributed by atoms with Crippen molar-refractivity contribution in [1.29, 1.82) is 0 Å². The molecule has 0 aliphatic carbocycles. The summed E-state index contributed by atoms with van der Waals surface area (Å²) in [6, 6.07) is 5.85. The first kappa shape index (κ1) is 13.4. The van der Waals surface area contributed by atoms with Crippen molar-refractivity contribution in [1.82, 2.24) is 5.32 Å². The lowest BCUT2D eigenvalue weighted by atomic mass is 10.1. The van der Waals surface area contributed by atoms with E-state index in [4.69, 9.17) is 4.74 Å². The average Bonchev–Trinajstić information content (AvgIpc) is 2.93. The number of hydrogen-bond acceptors (Lipinski definition) is 3. The second-order valence-corrected chi connectivity index (χ2v) is 5.91. The number of carbonyl (C=O) groups excluding carboxylic acids is 2. The van der Waals surface area contributed by atoms with E-state index in [2.05, 4.69) is 21.2 Å². The Bertz CT molecular complexity index is 576. The van der Waals surface area contributed by atoms with Gasteiger partial charge in [0, 0.05) is 10.9 Å². The second kappa shape index (κ2) is 5.09. The van der Waals surface area contributed by atoms with Crippen molar-refractivity contribution in [3.05, 3.63) is 28.2 Å². The smallest absolute Gasteiger partial charge is 0.415 e. The molecule has 1 saturated heterocycles. The minimum absolute atomic E-state index is 0.0241. The third-order valence-corrected chi connectivity index (χ3v) is 4.25. The number of nitrogens with one attached hydrogen (secondary N) is 1. The second-order valence-electron chi connectivity index (χ2n) is 4.99. The van der Waals surface area contributed by atoms with Crippen LogP contribution in [-0.2, 0) is 16.0 Å². The van der Waals surface area contributed by atoms with Crippen LogP contribution < -0.4 is 10.2 Å². The van der Waals surface area contributed by atoms with Crippen LogP contribution in [-0.4, -0.2) is 30.7 Å². The fourth-order valence-corrected chi connectivity index (χ4v) is 3.17. The number of carbonyl (C=O) groups is 2. The number of halogens is 1. The van der Waals surface area contributed by atoms with Crippen molar-refractivity contribution in [2.45, 2.75) is 31.9 Å².